The molecule has 0 atom stereocenters. The summed E-state index contributed by atoms with van der Waals surface area (Å²) in [5, 5.41) is 6.55. The van der Waals surface area contributed by atoms with Gasteiger partial charge in [0.05, 0.1) is 21.3 Å². The zero-order valence-electron chi connectivity index (χ0n) is 12.9. The molecule has 0 spiro atoms. The SMILES string of the molecule is O=C(NCc1cccnc1)c1cnc(Nc2cccc(Cl)c2Cl)nc1. The molecule has 2 heterocycles. The summed E-state index contributed by atoms with van der Waals surface area (Å²) in [6, 6.07) is 8.89. The number of hydrogen-bond donors (Lipinski definition) is 2. The largest absolute Gasteiger partial charge is 0.348 e. The number of carbonyl (C=O) groups excluding carboxylic acids is 1. The molecule has 0 aliphatic carbocycles. The lowest BCUT2D eigenvalue weighted by Crippen LogP contribution is -2.23. The maximum absolute atomic E-state index is 12.1. The minimum atomic E-state index is -0.267. The molecule has 0 aliphatic heterocycles. The van der Waals surface area contributed by atoms with Crippen molar-refractivity contribution in [2.75, 3.05) is 5.32 Å². The van der Waals surface area contributed by atoms with Gasteiger partial charge in [-0.1, -0.05) is 35.3 Å². The first-order valence-corrected chi connectivity index (χ1v) is 8.09. The van der Waals surface area contributed by atoms with Crippen molar-refractivity contribution in [3.8, 4) is 0 Å². The van der Waals surface area contributed by atoms with Gasteiger partial charge in [-0.25, -0.2) is 9.97 Å². The number of halogens is 2. The van der Waals surface area contributed by atoms with E-state index in [-0.39, 0.29) is 5.91 Å². The Morgan fingerprint density at radius 3 is 2.56 bits per heavy atom. The van der Waals surface area contributed by atoms with E-state index < -0.39 is 0 Å². The topological polar surface area (TPSA) is 79.8 Å². The molecular formula is C17H13Cl2N5O. The number of nitrogens with one attached hydrogen (secondary N) is 2. The van der Waals surface area contributed by atoms with Gasteiger partial charge in [-0.05, 0) is 23.8 Å². The van der Waals surface area contributed by atoms with Crippen LogP contribution in [-0.2, 0) is 6.54 Å². The summed E-state index contributed by atoms with van der Waals surface area (Å²) in [6.07, 6.45) is 6.24. The summed E-state index contributed by atoms with van der Waals surface area (Å²) in [7, 11) is 0. The number of rotatable bonds is 5. The van der Waals surface area contributed by atoms with Crippen LogP contribution in [0.2, 0.25) is 10.0 Å². The third-order valence-electron chi connectivity index (χ3n) is 3.29. The molecule has 0 bridgehead atoms. The van der Waals surface area contributed by atoms with Gasteiger partial charge < -0.3 is 10.6 Å². The van der Waals surface area contributed by atoms with Gasteiger partial charge >= 0.3 is 0 Å². The molecule has 0 saturated heterocycles. The highest BCUT2D eigenvalue weighted by atomic mass is 35.5. The molecule has 0 radical (unpaired) electrons. The Balaban J connectivity index is 1.63. The molecule has 8 heteroatoms. The molecule has 2 N–H and O–H groups in total. The zero-order chi connectivity index (χ0) is 17.6. The molecule has 1 amide bonds. The first-order valence-electron chi connectivity index (χ1n) is 7.33. The predicted molar refractivity (Wildman–Crippen MR) is 97.2 cm³/mol. The van der Waals surface area contributed by atoms with Crippen LogP contribution >= 0.6 is 23.2 Å². The van der Waals surface area contributed by atoms with Crippen molar-refractivity contribution < 1.29 is 4.79 Å². The molecule has 0 aliphatic rings. The van der Waals surface area contributed by atoms with Crippen LogP contribution in [0.4, 0.5) is 11.6 Å². The molecule has 3 rings (SSSR count). The summed E-state index contributed by atoms with van der Waals surface area (Å²) >= 11 is 12.1. The van der Waals surface area contributed by atoms with Crippen LogP contribution in [0.5, 0.6) is 0 Å². The summed E-state index contributed by atoms with van der Waals surface area (Å²) in [4.78, 5) is 24.4. The fraction of sp³-hybridized carbons (Fsp3) is 0.0588. The molecule has 0 unspecified atom stereocenters. The molecule has 6 nitrogen and oxygen atoms in total. The lowest BCUT2D eigenvalue weighted by Gasteiger charge is -2.08. The smallest absolute Gasteiger partial charge is 0.254 e. The number of nitrogens with zero attached hydrogens (tertiary/aromatic N) is 3. The van der Waals surface area contributed by atoms with Gasteiger partial charge in [-0.3, -0.25) is 9.78 Å². The Kier molecular flexibility index (Phi) is 5.42. The average Bonchev–Trinajstić information content (AvgIpc) is 2.65. The fourth-order valence-corrected chi connectivity index (χ4v) is 2.37. The summed E-state index contributed by atoms with van der Waals surface area (Å²) < 4.78 is 0. The minimum Gasteiger partial charge on any atom is -0.348 e. The summed E-state index contributed by atoms with van der Waals surface area (Å²) in [5.74, 6) is 0.0455. The van der Waals surface area contributed by atoms with Gasteiger partial charge in [0, 0.05) is 31.3 Å². The highest BCUT2D eigenvalue weighted by Gasteiger charge is 2.09. The van der Waals surface area contributed by atoms with Crippen LogP contribution in [0.3, 0.4) is 0 Å². The number of anilines is 2. The van der Waals surface area contributed by atoms with Gasteiger partial charge in [0.15, 0.2) is 0 Å². The maximum atomic E-state index is 12.1. The van der Waals surface area contributed by atoms with Crippen molar-refractivity contribution in [2.45, 2.75) is 6.54 Å². The van der Waals surface area contributed by atoms with Crippen LogP contribution in [0.1, 0.15) is 15.9 Å². The van der Waals surface area contributed by atoms with Crippen molar-refractivity contribution >= 4 is 40.7 Å². The van der Waals surface area contributed by atoms with E-state index in [1.165, 1.54) is 12.4 Å². The van der Waals surface area contributed by atoms with Gasteiger partial charge in [0.25, 0.3) is 5.91 Å². The Hall–Kier alpha value is -2.70. The van der Waals surface area contributed by atoms with Crippen molar-refractivity contribution in [3.05, 3.63) is 76.3 Å². The van der Waals surface area contributed by atoms with Crippen molar-refractivity contribution in [2.24, 2.45) is 0 Å². The van der Waals surface area contributed by atoms with E-state index in [4.69, 9.17) is 23.2 Å². The van der Waals surface area contributed by atoms with E-state index in [0.717, 1.165) is 5.56 Å². The van der Waals surface area contributed by atoms with Gasteiger partial charge in [0.2, 0.25) is 5.95 Å². The molecule has 0 saturated carbocycles. The monoisotopic (exact) mass is 373 g/mol. The molecule has 2 aromatic heterocycles. The molecule has 1 aromatic carbocycles. The standard InChI is InChI=1S/C17H13Cl2N5O/c18-13-4-1-5-14(15(13)19)24-17-22-9-12(10-23-17)16(25)21-8-11-3-2-6-20-7-11/h1-7,9-10H,8H2,(H,21,25)(H,22,23,24). The van der Waals surface area contributed by atoms with Crippen molar-refractivity contribution in [1.82, 2.24) is 20.3 Å². The van der Waals surface area contributed by atoms with Gasteiger partial charge in [-0.15, -0.1) is 0 Å². The lowest BCUT2D eigenvalue weighted by molar-refractivity contribution is 0.0950. The third-order valence-corrected chi connectivity index (χ3v) is 4.11. The zero-order valence-corrected chi connectivity index (χ0v) is 14.4. The molecular weight excluding hydrogens is 361 g/mol. The molecule has 3 aromatic rings. The number of hydrogen-bond acceptors (Lipinski definition) is 5. The van der Waals surface area contributed by atoms with Crippen LogP contribution in [0, 0.1) is 0 Å². The van der Waals surface area contributed by atoms with Crippen molar-refractivity contribution in [3.63, 3.8) is 0 Å². The third kappa shape index (κ3) is 4.43. The van der Waals surface area contributed by atoms with Gasteiger partial charge in [-0.2, -0.15) is 0 Å². The summed E-state index contributed by atoms with van der Waals surface area (Å²) in [6.45, 7) is 0.380. The number of amides is 1. The normalized spacial score (nSPS) is 10.3. The predicted octanol–water partition coefficient (Wildman–Crippen LogP) is 3.85. The van der Waals surface area contributed by atoms with E-state index >= 15 is 0 Å². The maximum Gasteiger partial charge on any atom is 0.254 e. The Morgan fingerprint density at radius 2 is 1.84 bits per heavy atom. The first kappa shape index (κ1) is 17.1. The summed E-state index contributed by atoms with van der Waals surface area (Å²) in [5.41, 5.74) is 1.85. The van der Waals surface area contributed by atoms with Crippen LogP contribution in [-0.4, -0.2) is 20.9 Å². The van der Waals surface area contributed by atoms with Crippen LogP contribution < -0.4 is 10.6 Å². The second-order valence-corrected chi connectivity index (χ2v) is 5.85. The highest BCUT2D eigenvalue weighted by molar-refractivity contribution is 6.43. The lowest BCUT2D eigenvalue weighted by atomic mass is 10.2. The second-order valence-electron chi connectivity index (χ2n) is 5.07. The van der Waals surface area contributed by atoms with E-state index in [2.05, 4.69) is 25.6 Å². The highest BCUT2D eigenvalue weighted by Crippen LogP contribution is 2.30. The molecule has 126 valence electrons. The number of carbonyl (C=O) groups is 1. The molecule has 25 heavy (non-hydrogen) atoms. The minimum absolute atomic E-state index is 0.267. The van der Waals surface area contributed by atoms with E-state index in [0.29, 0.717) is 33.8 Å². The Morgan fingerprint density at radius 1 is 1.04 bits per heavy atom. The van der Waals surface area contributed by atoms with E-state index in [9.17, 15) is 4.79 Å². The van der Waals surface area contributed by atoms with E-state index in [1.807, 2.05) is 12.1 Å². The first-order chi connectivity index (χ1) is 12.1. The number of pyridine rings is 1. The Bertz CT molecular complexity index is 872. The number of benzene rings is 1. The van der Waals surface area contributed by atoms with Crippen LogP contribution in [0.25, 0.3) is 0 Å². The second kappa shape index (κ2) is 7.92. The number of aromatic nitrogens is 3. The fourth-order valence-electron chi connectivity index (χ4n) is 2.02. The van der Waals surface area contributed by atoms with Crippen molar-refractivity contribution in [1.29, 1.82) is 0 Å². The quantitative estimate of drug-likeness (QED) is 0.709. The molecule has 0 fully saturated rings. The van der Waals surface area contributed by atoms with Gasteiger partial charge in [0.1, 0.15) is 0 Å². The Labute approximate surface area is 154 Å². The average molecular weight is 374 g/mol. The van der Waals surface area contributed by atoms with Crippen LogP contribution in [0.15, 0.2) is 55.1 Å². The van der Waals surface area contributed by atoms with E-state index in [1.54, 1.807) is 30.6 Å².